The van der Waals surface area contributed by atoms with Gasteiger partial charge in [-0.2, -0.15) is 0 Å². The summed E-state index contributed by atoms with van der Waals surface area (Å²) in [6.45, 7) is 0.119. The Morgan fingerprint density at radius 1 is 1.04 bits per heavy atom. The molecule has 0 aliphatic carbocycles. The molecule has 0 unspecified atom stereocenters. The highest BCUT2D eigenvalue weighted by atomic mass is 16.3. The third-order valence-corrected chi connectivity index (χ3v) is 3.87. The molecule has 0 aliphatic rings. The lowest BCUT2D eigenvalue weighted by Gasteiger charge is -2.08. The normalized spacial score (nSPS) is 10.6. The van der Waals surface area contributed by atoms with Crippen LogP contribution in [0.3, 0.4) is 0 Å². The van der Waals surface area contributed by atoms with E-state index in [0.717, 1.165) is 22.8 Å². The van der Waals surface area contributed by atoms with Gasteiger partial charge in [-0.15, -0.1) is 10.2 Å². The van der Waals surface area contributed by atoms with Gasteiger partial charge in [-0.1, -0.05) is 30.3 Å². The molecular formula is C19H20N4O2. The molecule has 0 fully saturated rings. The van der Waals surface area contributed by atoms with Crippen LogP contribution < -0.4 is 5.32 Å². The van der Waals surface area contributed by atoms with Crippen LogP contribution in [0.5, 0.6) is 0 Å². The zero-order chi connectivity index (χ0) is 17.5. The third kappa shape index (κ3) is 4.51. The molecule has 1 amide bonds. The molecule has 0 saturated carbocycles. The number of benzene rings is 2. The minimum atomic E-state index is -0.0717. The molecule has 3 rings (SSSR count). The molecule has 1 heterocycles. The Balaban J connectivity index is 1.57. The van der Waals surface area contributed by atoms with Crippen molar-refractivity contribution in [3.63, 3.8) is 0 Å². The van der Waals surface area contributed by atoms with Gasteiger partial charge in [0.05, 0.1) is 0 Å². The average molecular weight is 336 g/mol. The molecular weight excluding hydrogens is 316 g/mol. The van der Waals surface area contributed by atoms with Gasteiger partial charge >= 0.3 is 0 Å². The molecule has 128 valence electrons. The van der Waals surface area contributed by atoms with Gasteiger partial charge in [0.1, 0.15) is 12.2 Å². The Hall–Kier alpha value is -2.99. The molecule has 6 nitrogen and oxygen atoms in total. The van der Waals surface area contributed by atoms with Gasteiger partial charge in [0, 0.05) is 30.8 Å². The van der Waals surface area contributed by atoms with Gasteiger partial charge in [0.25, 0.3) is 0 Å². The van der Waals surface area contributed by atoms with E-state index in [1.807, 2.05) is 59.2 Å². The first-order valence-electron chi connectivity index (χ1n) is 8.20. The van der Waals surface area contributed by atoms with Gasteiger partial charge in [-0.3, -0.25) is 9.36 Å². The monoisotopic (exact) mass is 336 g/mol. The number of carbonyl (C=O) groups is 1. The van der Waals surface area contributed by atoms with Gasteiger partial charge in [0.2, 0.25) is 5.91 Å². The van der Waals surface area contributed by atoms with Gasteiger partial charge in [-0.05, 0) is 36.2 Å². The number of para-hydroxylation sites is 1. The standard InChI is InChI=1S/C19H20N4O2/c24-13-12-15-6-8-16(9-7-15)21-19(25)11-10-18-22-20-14-23(18)17-4-2-1-3-5-17/h1-9,14,24H,10-13H2,(H,21,25). The number of aryl methyl sites for hydroxylation is 1. The van der Waals surface area contributed by atoms with E-state index in [9.17, 15) is 4.79 Å². The van der Waals surface area contributed by atoms with E-state index < -0.39 is 0 Å². The van der Waals surface area contributed by atoms with Gasteiger partial charge in [-0.25, -0.2) is 0 Å². The number of hydrogen-bond acceptors (Lipinski definition) is 4. The van der Waals surface area contributed by atoms with E-state index in [0.29, 0.717) is 19.3 Å². The molecule has 0 radical (unpaired) electrons. The maximum absolute atomic E-state index is 12.2. The maximum atomic E-state index is 12.2. The minimum absolute atomic E-state index is 0.0717. The lowest BCUT2D eigenvalue weighted by atomic mass is 10.1. The van der Waals surface area contributed by atoms with Crippen LogP contribution in [0.25, 0.3) is 5.69 Å². The van der Waals surface area contributed by atoms with Crippen LogP contribution in [0.15, 0.2) is 60.9 Å². The fourth-order valence-corrected chi connectivity index (χ4v) is 2.57. The SMILES string of the molecule is O=C(CCc1nncn1-c1ccccc1)Nc1ccc(CCO)cc1. The van der Waals surface area contributed by atoms with Crippen LogP contribution in [0.1, 0.15) is 17.8 Å². The number of anilines is 1. The van der Waals surface area contributed by atoms with Crippen molar-refractivity contribution in [2.75, 3.05) is 11.9 Å². The lowest BCUT2D eigenvalue weighted by Crippen LogP contribution is -2.13. The molecule has 0 atom stereocenters. The van der Waals surface area contributed by atoms with Crippen molar-refractivity contribution in [2.45, 2.75) is 19.3 Å². The van der Waals surface area contributed by atoms with Crippen molar-refractivity contribution >= 4 is 11.6 Å². The molecule has 2 N–H and O–H groups in total. The van der Waals surface area contributed by atoms with Crippen LogP contribution in [-0.4, -0.2) is 32.4 Å². The number of amides is 1. The first kappa shape index (κ1) is 16.9. The molecule has 1 aromatic heterocycles. The van der Waals surface area contributed by atoms with E-state index in [-0.39, 0.29) is 12.5 Å². The topological polar surface area (TPSA) is 80.0 Å². The first-order valence-corrected chi connectivity index (χ1v) is 8.20. The highest BCUT2D eigenvalue weighted by Gasteiger charge is 2.09. The fourth-order valence-electron chi connectivity index (χ4n) is 2.57. The fraction of sp³-hybridized carbons (Fsp3) is 0.211. The van der Waals surface area contributed by atoms with Crippen molar-refractivity contribution < 1.29 is 9.90 Å². The molecule has 2 aromatic carbocycles. The summed E-state index contributed by atoms with van der Waals surface area (Å²) in [7, 11) is 0. The van der Waals surface area contributed by atoms with Crippen LogP contribution in [0, 0.1) is 0 Å². The summed E-state index contributed by atoms with van der Waals surface area (Å²) in [6.07, 6.45) is 3.10. The predicted molar refractivity (Wildman–Crippen MR) is 95.5 cm³/mol. The molecule has 0 bridgehead atoms. The summed E-state index contributed by atoms with van der Waals surface area (Å²) in [5.74, 6) is 0.678. The van der Waals surface area contributed by atoms with E-state index in [1.165, 1.54) is 0 Å². The summed E-state index contributed by atoms with van der Waals surface area (Å²) in [5, 5.41) is 19.9. The van der Waals surface area contributed by atoms with Crippen molar-refractivity contribution in [1.29, 1.82) is 0 Å². The van der Waals surface area contributed by atoms with Crippen LogP contribution in [0.2, 0.25) is 0 Å². The predicted octanol–water partition coefficient (Wildman–Crippen LogP) is 2.37. The Kier molecular flexibility index (Phi) is 5.53. The second kappa shape index (κ2) is 8.21. The Bertz CT molecular complexity index is 813. The average Bonchev–Trinajstić information content (AvgIpc) is 3.11. The van der Waals surface area contributed by atoms with E-state index in [4.69, 9.17) is 5.11 Å². The van der Waals surface area contributed by atoms with Crippen LogP contribution in [-0.2, 0) is 17.6 Å². The molecule has 0 spiro atoms. The third-order valence-electron chi connectivity index (χ3n) is 3.87. The smallest absolute Gasteiger partial charge is 0.224 e. The van der Waals surface area contributed by atoms with Gasteiger partial charge < -0.3 is 10.4 Å². The minimum Gasteiger partial charge on any atom is -0.396 e. The number of nitrogens with one attached hydrogen (secondary N) is 1. The second-order valence-electron chi connectivity index (χ2n) is 5.67. The number of hydrogen-bond donors (Lipinski definition) is 2. The van der Waals surface area contributed by atoms with Crippen molar-refractivity contribution in [3.05, 3.63) is 72.3 Å². The highest BCUT2D eigenvalue weighted by molar-refractivity contribution is 5.90. The Labute approximate surface area is 146 Å². The summed E-state index contributed by atoms with van der Waals surface area (Å²) in [6, 6.07) is 17.3. The molecule has 3 aromatic rings. The highest BCUT2D eigenvalue weighted by Crippen LogP contribution is 2.13. The van der Waals surface area contributed by atoms with E-state index in [1.54, 1.807) is 6.33 Å². The largest absolute Gasteiger partial charge is 0.396 e. The van der Waals surface area contributed by atoms with Crippen LogP contribution in [0.4, 0.5) is 5.69 Å². The number of nitrogens with zero attached hydrogens (tertiary/aromatic N) is 3. The Morgan fingerprint density at radius 3 is 2.52 bits per heavy atom. The zero-order valence-corrected chi connectivity index (χ0v) is 13.8. The summed E-state index contributed by atoms with van der Waals surface area (Å²) in [5.41, 5.74) is 2.76. The second-order valence-corrected chi connectivity index (χ2v) is 5.67. The van der Waals surface area contributed by atoms with Crippen molar-refractivity contribution in [3.8, 4) is 5.69 Å². The van der Waals surface area contributed by atoms with Gasteiger partial charge in [0.15, 0.2) is 0 Å². The summed E-state index contributed by atoms with van der Waals surface area (Å²) >= 11 is 0. The number of aliphatic hydroxyl groups excluding tert-OH is 1. The van der Waals surface area contributed by atoms with E-state index in [2.05, 4.69) is 15.5 Å². The quantitative estimate of drug-likeness (QED) is 0.694. The van der Waals surface area contributed by atoms with Crippen LogP contribution >= 0.6 is 0 Å². The van der Waals surface area contributed by atoms with E-state index >= 15 is 0 Å². The number of aliphatic hydroxyl groups is 1. The molecule has 0 saturated heterocycles. The molecule has 0 aliphatic heterocycles. The Morgan fingerprint density at radius 2 is 1.80 bits per heavy atom. The molecule has 25 heavy (non-hydrogen) atoms. The number of carbonyl (C=O) groups excluding carboxylic acids is 1. The lowest BCUT2D eigenvalue weighted by molar-refractivity contribution is -0.116. The first-order chi connectivity index (χ1) is 12.3. The maximum Gasteiger partial charge on any atom is 0.224 e. The summed E-state index contributed by atoms with van der Waals surface area (Å²) < 4.78 is 1.89. The number of aromatic nitrogens is 3. The summed E-state index contributed by atoms with van der Waals surface area (Å²) in [4.78, 5) is 12.2. The number of rotatable bonds is 7. The molecule has 6 heteroatoms. The van der Waals surface area contributed by atoms with Crippen molar-refractivity contribution in [2.24, 2.45) is 0 Å². The zero-order valence-electron chi connectivity index (χ0n) is 13.8. The van der Waals surface area contributed by atoms with Crippen molar-refractivity contribution in [1.82, 2.24) is 14.8 Å².